The molecule has 0 bridgehead atoms. The standard InChI is InChI=1S/C18H19ClN2OS/c19-15-7-2-1-6-14(15)12-23-13-18(22)21-11-5-9-17(21)16-8-3-4-10-20-16/h1-4,6-8,10,17H,5,9,11-13H2/t17-/m0/s1. The van der Waals surface area contributed by atoms with E-state index < -0.39 is 0 Å². The molecule has 1 amide bonds. The van der Waals surface area contributed by atoms with Gasteiger partial charge < -0.3 is 4.90 Å². The molecule has 0 N–H and O–H groups in total. The summed E-state index contributed by atoms with van der Waals surface area (Å²) in [5, 5.41) is 0.764. The van der Waals surface area contributed by atoms with Crippen LogP contribution in [0.5, 0.6) is 0 Å². The van der Waals surface area contributed by atoms with Crippen LogP contribution in [-0.4, -0.2) is 28.1 Å². The molecule has 2 heterocycles. The number of aromatic nitrogens is 1. The second kappa shape index (κ2) is 7.84. The third-order valence-electron chi connectivity index (χ3n) is 4.04. The smallest absolute Gasteiger partial charge is 0.233 e. The van der Waals surface area contributed by atoms with Crippen molar-refractivity contribution in [3.05, 3.63) is 64.9 Å². The monoisotopic (exact) mass is 346 g/mol. The minimum absolute atomic E-state index is 0.129. The zero-order chi connectivity index (χ0) is 16.1. The van der Waals surface area contributed by atoms with Crippen LogP contribution in [0.25, 0.3) is 0 Å². The first-order chi connectivity index (χ1) is 11.3. The summed E-state index contributed by atoms with van der Waals surface area (Å²) in [7, 11) is 0. The van der Waals surface area contributed by atoms with E-state index in [0.717, 1.165) is 41.4 Å². The van der Waals surface area contributed by atoms with E-state index in [9.17, 15) is 4.79 Å². The van der Waals surface area contributed by atoms with Gasteiger partial charge in [-0.15, -0.1) is 11.8 Å². The molecule has 1 aliphatic rings. The Hall–Kier alpha value is -1.52. The highest BCUT2D eigenvalue weighted by molar-refractivity contribution is 7.99. The highest BCUT2D eigenvalue weighted by Crippen LogP contribution is 2.31. The molecule has 1 saturated heterocycles. The third kappa shape index (κ3) is 4.06. The fraction of sp³-hybridized carbons (Fsp3) is 0.333. The predicted octanol–water partition coefficient (Wildman–Crippen LogP) is 4.33. The topological polar surface area (TPSA) is 33.2 Å². The van der Waals surface area contributed by atoms with Gasteiger partial charge in [-0.2, -0.15) is 0 Å². The van der Waals surface area contributed by atoms with Crippen molar-refractivity contribution in [2.24, 2.45) is 0 Å². The molecule has 3 nitrogen and oxygen atoms in total. The fourth-order valence-electron chi connectivity index (χ4n) is 2.89. The number of hydrogen-bond donors (Lipinski definition) is 0. The van der Waals surface area contributed by atoms with E-state index >= 15 is 0 Å². The van der Waals surface area contributed by atoms with Crippen molar-refractivity contribution >= 4 is 29.3 Å². The molecule has 1 fully saturated rings. The van der Waals surface area contributed by atoms with Gasteiger partial charge in [0.25, 0.3) is 0 Å². The van der Waals surface area contributed by atoms with E-state index in [2.05, 4.69) is 4.98 Å². The van der Waals surface area contributed by atoms with E-state index in [0.29, 0.717) is 5.75 Å². The zero-order valence-corrected chi connectivity index (χ0v) is 14.4. The van der Waals surface area contributed by atoms with Crippen molar-refractivity contribution in [3.8, 4) is 0 Å². The lowest BCUT2D eigenvalue weighted by Gasteiger charge is -2.24. The predicted molar refractivity (Wildman–Crippen MR) is 95.5 cm³/mol. The summed E-state index contributed by atoms with van der Waals surface area (Å²) < 4.78 is 0. The Morgan fingerprint density at radius 2 is 2.09 bits per heavy atom. The summed E-state index contributed by atoms with van der Waals surface area (Å²) in [4.78, 5) is 18.9. The van der Waals surface area contributed by atoms with Crippen molar-refractivity contribution < 1.29 is 4.79 Å². The minimum Gasteiger partial charge on any atom is -0.333 e. The van der Waals surface area contributed by atoms with Crippen LogP contribution in [0.2, 0.25) is 5.02 Å². The summed E-state index contributed by atoms with van der Waals surface area (Å²) in [6.45, 7) is 0.826. The lowest BCUT2D eigenvalue weighted by Crippen LogP contribution is -2.32. The van der Waals surface area contributed by atoms with Crippen LogP contribution < -0.4 is 0 Å². The van der Waals surface area contributed by atoms with Gasteiger partial charge in [0.2, 0.25) is 5.91 Å². The molecular formula is C18H19ClN2OS. The molecule has 120 valence electrons. The van der Waals surface area contributed by atoms with Crippen LogP contribution in [0.3, 0.4) is 0 Å². The summed E-state index contributed by atoms with van der Waals surface area (Å²) in [5.41, 5.74) is 2.07. The highest BCUT2D eigenvalue weighted by atomic mass is 35.5. The Labute approximate surface area is 146 Å². The molecule has 23 heavy (non-hydrogen) atoms. The molecule has 1 atom stereocenters. The Bertz CT molecular complexity index is 665. The summed E-state index contributed by atoms with van der Waals surface area (Å²) >= 11 is 7.77. The van der Waals surface area contributed by atoms with Crippen LogP contribution in [0.1, 0.15) is 30.1 Å². The normalized spacial score (nSPS) is 17.4. The molecule has 3 rings (SSSR count). The molecule has 5 heteroatoms. The maximum absolute atomic E-state index is 12.5. The van der Waals surface area contributed by atoms with Gasteiger partial charge in [-0.1, -0.05) is 35.9 Å². The van der Waals surface area contributed by atoms with Crippen molar-refractivity contribution in [1.29, 1.82) is 0 Å². The second-order valence-corrected chi connectivity index (χ2v) is 6.98. The highest BCUT2D eigenvalue weighted by Gasteiger charge is 2.30. The number of benzene rings is 1. The van der Waals surface area contributed by atoms with Crippen LogP contribution in [0, 0.1) is 0 Å². The van der Waals surface area contributed by atoms with Crippen LogP contribution in [-0.2, 0) is 10.5 Å². The number of likely N-dealkylation sites (tertiary alicyclic amines) is 1. The number of rotatable bonds is 5. The first kappa shape index (κ1) is 16.3. The average molecular weight is 347 g/mol. The van der Waals surface area contributed by atoms with E-state index in [1.165, 1.54) is 0 Å². The maximum atomic E-state index is 12.5. The van der Waals surface area contributed by atoms with E-state index in [4.69, 9.17) is 11.6 Å². The molecule has 1 aromatic heterocycles. The Kier molecular flexibility index (Phi) is 5.57. The minimum atomic E-state index is 0.129. The Morgan fingerprint density at radius 1 is 1.26 bits per heavy atom. The van der Waals surface area contributed by atoms with Crippen LogP contribution in [0.15, 0.2) is 48.7 Å². The number of thioether (sulfide) groups is 1. The molecule has 0 radical (unpaired) electrons. The molecule has 0 aliphatic carbocycles. The van der Waals surface area contributed by atoms with Crippen molar-refractivity contribution in [1.82, 2.24) is 9.88 Å². The molecular weight excluding hydrogens is 328 g/mol. The van der Waals surface area contributed by atoms with Crippen molar-refractivity contribution in [2.75, 3.05) is 12.3 Å². The molecule has 0 spiro atoms. The third-order valence-corrected chi connectivity index (χ3v) is 5.38. The Morgan fingerprint density at radius 3 is 2.87 bits per heavy atom. The van der Waals surface area contributed by atoms with Gasteiger partial charge in [-0.3, -0.25) is 9.78 Å². The Balaban J connectivity index is 1.56. The molecule has 1 aromatic carbocycles. The molecule has 2 aromatic rings. The zero-order valence-electron chi connectivity index (χ0n) is 12.8. The lowest BCUT2D eigenvalue weighted by atomic mass is 10.1. The average Bonchev–Trinajstić information content (AvgIpc) is 3.07. The van der Waals surface area contributed by atoms with E-state index in [1.54, 1.807) is 18.0 Å². The summed E-state index contributed by atoms with van der Waals surface area (Å²) in [6.07, 6.45) is 3.84. The van der Waals surface area contributed by atoms with Gasteiger partial charge in [-0.25, -0.2) is 0 Å². The van der Waals surface area contributed by atoms with Gasteiger partial charge in [0.15, 0.2) is 0 Å². The number of nitrogens with zero attached hydrogens (tertiary/aromatic N) is 2. The number of carbonyl (C=O) groups excluding carboxylic acids is 1. The second-order valence-electron chi connectivity index (χ2n) is 5.58. The summed E-state index contributed by atoms with van der Waals surface area (Å²) in [5.74, 6) is 1.43. The molecule has 0 saturated carbocycles. The van der Waals surface area contributed by atoms with Gasteiger partial charge >= 0.3 is 0 Å². The lowest BCUT2D eigenvalue weighted by molar-refractivity contribution is -0.129. The van der Waals surface area contributed by atoms with Gasteiger partial charge in [0, 0.05) is 23.5 Å². The first-order valence-corrected chi connectivity index (χ1v) is 9.30. The number of amides is 1. The van der Waals surface area contributed by atoms with E-state index in [1.807, 2.05) is 47.4 Å². The number of carbonyl (C=O) groups is 1. The number of halogens is 1. The molecule has 1 aliphatic heterocycles. The van der Waals surface area contributed by atoms with Crippen LogP contribution >= 0.6 is 23.4 Å². The SMILES string of the molecule is O=C(CSCc1ccccc1Cl)N1CCC[C@H]1c1ccccn1. The quantitative estimate of drug-likeness (QED) is 0.807. The fourth-order valence-corrected chi connectivity index (χ4v) is 4.09. The van der Waals surface area contributed by atoms with Gasteiger partial charge in [-0.05, 0) is 36.6 Å². The van der Waals surface area contributed by atoms with Crippen molar-refractivity contribution in [3.63, 3.8) is 0 Å². The number of hydrogen-bond acceptors (Lipinski definition) is 3. The van der Waals surface area contributed by atoms with Gasteiger partial charge in [0.05, 0.1) is 17.5 Å². The van der Waals surface area contributed by atoms with Crippen LogP contribution in [0.4, 0.5) is 0 Å². The first-order valence-electron chi connectivity index (χ1n) is 7.77. The number of pyridine rings is 1. The van der Waals surface area contributed by atoms with Crippen molar-refractivity contribution in [2.45, 2.75) is 24.6 Å². The largest absolute Gasteiger partial charge is 0.333 e. The van der Waals surface area contributed by atoms with Gasteiger partial charge in [0.1, 0.15) is 0 Å². The summed E-state index contributed by atoms with van der Waals surface area (Å²) in [6, 6.07) is 13.8. The van der Waals surface area contributed by atoms with E-state index in [-0.39, 0.29) is 11.9 Å². The maximum Gasteiger partial charge on any atom is 0.233 e. The molecule has 0 unspecified atom stereocenters.